The number of benzene rings is 3. The highest BCUT2D eigenvalue weighted by molar-refractivity contribution is 7.99. The van der Waals surface area contributed by atoms with Crippen LogP contribution in [-0.4, -0.2) is 70.7 Å². The molecule has 0 heterocycles. The van der Waals surface area contributed by atoms with Gasteiger partial charge in [0.25, 0.3) is 0 Å². The lowest BCUT2D eigenvalue weighted by Crippen LogP contribution is -2.51. The number of halogens is 3. The summed E-state index contributed by atoms with van der Waals surface area (Å²) in [5.74, 6) is -0.538. The number of fused-ring (bicyclic) bond motifs is 1. The van der Waals surface area contributed by atoms with Gasteiger partial charge in [0.1, 0.15) is 6.04 Å². The Hall–Kier alpha value is -3.22. The second-order valence-corrected chi connectivity index (χ2v) is 13.3. The minimum absolute atomic E-state index is 0.0578. The molecule has 0 aromatic heterocycles. The molecular formula is C34H42F3N3O4S2. The Morgan fingerprint density at radius 1 is 0.957 bits per heavy atom. The van der Waals surface area contributed by atoms with Gasteiger partial charge < -0.3 is 15.7 Å². The van der Waals surface area contributed by atoms with E-state index in [1.807, 2.05) is 67.5 Å². The zero-order valence-electron chi connectivity index (χ0n) is 26.3. The van der Waals surface area contributed by atoms with Crippen LogP contribution >= 0.6 is 23.5 Å². The Morgan fingerprint density at radius 3 is 2.30 bits per heavy atom. The number of nitrogens with one attached hydrogen (secondary N) is 2. The number of carbonyl (C=O) groups excluding carboxylic acids is 2. The number of nitrogens with zero attached hydrogens (tertiary/aromatic N) is 1. The maximum atomic E-state index is 13.2. The van der Waals surface area contributed by atoms with Crippen molar-refractivity contribution in [2.75, 3.05) is 30.9 Å². The molecule has 0 saturated heterocycles. The van der Waals surface area contributed by atoms with Gasteiger partial charge in [-0.2, -0.15) is 24.9 Å². The van der Waals surface area contributed by atoms with Gasteiger partial charge in [0.05, 0.1) is 17.9 Å². The Bertz CT molecular complexity index is 1430. The molecular weight excluding hydrogens is 636 g/mol. The highest BCUT2D eigenvalue weighted by Gasteiger charge is 2.30. The third-order valence-corrected chi connectivity index (χ3v) is 9.45. The van der Waals surface area contributed by atoms with Gasteiger partial charge in [-0.15, -0.1) is 11.8 Å². The number of alkyl halides is 3. The quantitative estimate of drug-likeness (QED) is 0.142. The van der Waals surface area contributed by atoms with E-state index in [2.05, 4.69) is 10.6 Å². The molecule has 3 atom stereocenters. The molecule has 250 valence electrons. The largest absolute Gasteiger partial charge is 0.480 e. The van der Waals surface area contributed by atoms with Gasteiger partial charge >= 0.3 is 12.1 Å². The van der Waals surface area contributed by atoms with E-state index in [1.165, 1.54) is 35.7 Å². The first-order valence-corrected chi connectivity index (χ1v) is 17.7. The van der Waals surface area contributed by atoms with Crippen molar-refractivity contribution in [3.63, 3.8) is 0 Å². The number of hydrogen-bond acceptors (Lipinski definition) is 6. The zero-order chi connectivity index (χ0) is 33.7. The van der Waals surface area contributed by atoms with Gasteiger partial charge in [0.2, 0.25) is 11.8 Å². The van der Waals surface area contributed by atoms with E-state index in [1.54, 1.807) is 0 Å². The molecule has 12 heteroatoms. The molecule has 0 aliphatic rings. The molecule has 3 aromatic carbocycles. The monoisotopic (exact) mass is 677 g/mol. The van der Waals surface area contributed by atoms with Crippen LogP contribution in [-0.2, 0) is 32.9 Å². The van der Waals surface area contributed by atoms with E-state index in [-0.39, 0.29) is 30.2 Å². The molecule has 0 aliphatic heterocycles. The van der Waals surface area contributed by atoms with Crippen LogP contribution in [0.25, 0.3) is 10.8 Å². The summed E-state index contributed by atoms with van der Waals surface area (Å²) in [6, 6.07) is 17.5. The van der Waals surface area contributed by atoms with Gasteiger partial charge in [0.15, 0.2) is 0 Å². The van der Waals surface area contributed by atoms with Crippen LogP contribution in [0.4, 0.5) is 13.2 Å². The van der Waals surface area contributed by atoms with Crippen LogP contribution in [0, 0.1) is 5.92 Å². The lowest BCUT2D eigenvalue weighted by atomic mass is 9.97. The molecule has 0 bridgehead atoms. The normalized spacial score (nSPS) is 13.7. The summed E-state index contributed by atoms with van der Waals surface area (Å²) >= 11 is 2.82. The van der Waals surface area contributed by atoms with Gasteiger partial charge in [0, 0.05) is 24.9 Å². The summed E-state index contributed by atoms with van der Waals surface area (Å²) in [6.07, 6.45) is -1.44. The van der Waals surface area contributed by atoms with Gasteiger partial charge in [-0.05, 0) is 58.4 Å². The average Bonchev–Trinajstić information content (AvgIpc) is 3.02. The van der Waals surface area contributed by atoms with Crippen molar-refractivity contribution < 1.29 is 32.7 Å². The summed E-state index contributed by atoms with van der Waals surface area (Å²) in [5.41, 5.74) is 0.980. The number of carboxylic acids is 1. The Labute approximate surface area is 277 Å². The van der Waals surface area contributed by atoms with E-state index >= 15 is 0 Å². The van der Waals surface area contributed by atoms with E-state index in [0.29, 0.717) is 36.6 Å². The van der Waals surface area contributed by atoms with Gasteiger partial charge in [-0.3, -0.25) is 14.5 Å². The fourth-order valence-corrected chi connectivity index (χ4v) is 6.29. The number of aliphatic carboxylic acids is 1. The summed E-state index contributed by atoms with van der Waals surface area (Å²) in [5, 5.41) is 17.5. The van der Waals surface area contributed by atoms with Crippen LogP contribution in [0.3, 0.4) is 0 Å². The Morgan fingerprint density at radius 2 is 1.65 bits per heavy atom. The first-order valence-electron chi connectivity index (χ1n) is 15.1. The molecule has 0 aliphatic carbocycles. The second-order valence-electron chi connectivity index (χ2n) is 11.3. The van der Waals surface area contributed by atoms with E-state index in [0.717, 1.165) is 34.9 Å². The summed E-state index contributed by atoms with van der Waals surface area (Å²) < 4.78 is 38.6. The molecule has 7 nitrogen and oxygen atoms in total. The lowest BCUT2D eigenvalue weighted by Gasteiger charge is -2.31. The van der Waals surface area contributed by atoms with E-state index in [9.17, 15) is 32.7 Å². The average molecular weight is 678 g/mol. The van der Waals surface area contributed by atoms with Crippen molar-refractivity contribution in [1.29, 1.82) is 0 Å². The molecule has 2 amide bonds. The molecule has 46 heavy (non-hydrogen) atoms. The van der Waals surface area contributed by atoms with E-state index in [4.69, 9.17) is 0 Å². The molecule has 3 rings (SSSR count). The summed E-state index contributed by atoms with van der Waals surface area (Å²) in [6.45, 7) is 4.75. The number of amides is 2. The van der Waals surface area contributed by atoms with Crippen molar-refractivity contribution in [2.45, 2.75) is 57.2 Å². The van der Waals surface area contributed by atoms with Crippen molar-refractivity contribution in [3.05, 3.63) is 83.4 Å². The Kier molecular flexibility index (Phi) is 14.7. The summed E-state index contributed by atoms with van der Waals surface area (Å²) in [7, 11) is 0. The maximum Gasteiger partial charge on any atom is 0.416 e. The number of carboxylic acid groups (broad SMARTS) is 1. The standard InChI is InChI=1S/C34H42F3N3O4S2/c1-4-23(2)30(39-32(42)22-46-21-24-12-14-27(15-13-24)34(35,36)37)19-40(20-31(41)38-29(33(43)44)16-17-45-3)18-26-10-7-9-25-8-5-6-11-28(25)26/h5-15,23,29-30H,4,16-22H2,1-3H3,(H,38,41)(H,39,42)(H,43,44)/t23?,29-,30+/m0/s1. The lowest BCUT2D eigenvalue weighted by molar-refractivity contribution is -0.142. The number of hydrogen-bond donors (Lipinski definition) is 3. The molecule has 0 spiro atoms. The predicted octanol–water partition coefficient (Wildman–Crippen LogP) is 6.45. The number of carbonyl (C=O) groups is 3. The topological polar surface area (TPSA) is 98.7 Å². The van der Waals surface area contributed by atoms with Crippen molar-refractivity contribution in [2.24, 2.45) is 5.92 Å². The van der Waals surface area contributed by atoms with Crippen LogP contribution in [0.1, 0.15) is 43.4 Å². The molecule has 3 N–H and O–H groups in total. The fourth-order valence-electron chi connectivity index (χ4n) is 5.02. The van der Waals surface area contributed by atoms with Gasteiger partial charge in [-0.1, -0.05) is 74.9 Å². The number of thioether (sulfide) groups is 2. The van der Waals surface area contributed by atoms with Crippen LogP contribution in [0.5, 0.6) is 0 Å². The summed E-state index contributed by atoms with van der Waals surface area (Å²) in [4.78, 5) is 40.0. The van der Waals surface area contributed by atoms with Crippen molar-refractivity contribution in [3.8, 4) is 0 Å². The van der Waals surface area contributed by atoms with Crippen LogP contribution < -0.4 is 10.6 Å². The smallest absolute Gasteiger partial charge is 0.416 e. The Balaban J connectivity index is 1.72. The zero-order valence-corrected chi connectivity index (χ0v) is 27.9. The number of rotatable bonds is 18. The third-order valence-electron chi connectivity index (χ3n) is 7.80. The third kappa shape index (κ3) is 11.9. The SMILES string of the molecule is CCC(C)[C@@H](CN(CC(=O)N[C@@H](CCSC)C(=O)O)Cc1cccc2ccccc12)NC(=O)CSCc1ccc(C(F)(F)F)cc1. The first kappa shape index (κ1) is 37.2. The van der Waals surface area contributed by atoms with Crippen molar-refractivity contribution >= 4 is 52.1 Å². The molecule has 0 radical (unpaired) electrons. The molecule has 0 fully saturated rings. The fraction of sp³-hybridized carbons (Fsp3) is 0.441. The first-order chi connectivity index (χ1) is 21.9. The minimum Gasteiger partial charge on any atom is -0.480 e. The van der Waals surface area contributed by atoms with Crippen LogP contribution in [0.15, 0.2) is 66.7 Å². The molecule has 1 unspecified atom stereocenters. The molecule has 0 saturated carbocycles. The maximum absolute atomic E-state index is 13.2. The highest BCUT2D eigenvalue weighted by atomic mass is 32.2. The van der Waals surface area contributed by atoms with Crippen molar-refractivity contribution in [1.82, 2.24) is 15.5 Å². The van der Waals surface area contributed by atoms with Crippen LogP contribution in [0.2, 0.25) is 0 Å². The second kappa shape index (κ2) is 18.2. The molecule has 3 aromatic rings. The predicted molar refractivity (Wildman–Crippen MR) is 181 cm³/mol. The van der Waals surface area contributed by atoms with E-state index < -0.39 is 29.7 Å². The minimum atomic E-state index is -4.40. The van der Waals surface area contributed by atoms with Gasteiger partial charge in [-0.25, -0.2) is 4.79 Å². The highest BCUT2D eigenvalue weighted by Crippen LogP contribution is 2.29.